The van der Waals surface area contributed by atoms with Crippen molar-refractivity contribution in [2.24, 2.45) is 0 Å². The van der Waals surface area contributed by atoms with Crippen LogP contribution in [-0.4, -0.2) is 29.4 Å². The zero-order valence-electron chi connectivity index (χ0n) is 14.2. The molecule has 0 radical (unpaired) electrons. The molecule has 0 spiro atoms. The van der Waals surface area contributed by atoms with Crippen LogP contribution in [0, 0.1) is 0 Å². The number of thioether (sulfide) groups is 1. The lowest BCUT2D eigenvalue weighted by atomic mass is 10.1. The van der Waals surface area contributed by atoms with Crippen molar-refractivity contribution in [3.63, 3.8) is 0 Å². The molecule has 0 saturated carbocycles. The molecule has 0 bridgehead atoms. The van der Waals surface area contributed by atoms with E-state index in [2.05, 4.69) is 10.6 Å². The van der Waals surface area contributed by atoms with Crippen molar-refractivity contribution in [2.45, 2.75) is 18.1 Å². The fourth-order valence-electron chi connectivity index (χ4n) is 2.70. The summed E-state index contributed by atoms with van der Waals surface area (Å²) in [4.78, 5) is 35.3. The molecule has 3 rings (SSSR count). The molecule has 1 aliphatic rings. The highest BCUT2D eigenvalue weighted by Gasteiger charge is 2.31. The van der Waals surface area contributed by atoms with Gasteiger partial charge in [-0.3, -0.25) is 19.7 Å². The Labute approximate surface area is 155 Å². The Bertz CT molecular complexity index is 839. The zero-order valence-corrected chi connectivity index (χ0v) is 15.0. The van der Waals surface area contributed by atoms with Gasteiger partial charge in [0.1, 0.15) is 5.75 Å². The molecular formula is C19H18N2O4S. The first-order chi connectivity index (χ1) is 12.5. The molecule has 1 aliphatic heterocycles. The Kier molecular flexibility index (Phi) is 5.58. The Morgan fingerprint density at radius 3 is 2.58 bits per heavy atom. The second-order valence-corrected chi connectivity index (χ2v) is 7.01. The molecule has 2 aromatic carbocycles. The lowest BCUT2D eigenvalue weighted by molar-refractivity contribution is -0.119. The van der Waals surface area contributed by atoms with E-state index in [1.54, 1.807) is 12.1 Å². The number of carbonyl (C=O) groups is 3. The maximum atomic E-state index is 12.3. The lowest BCUT2D eigenvalue weighted by Gasteiger charge is -2.13. The van der Waals surface area contributed by atoms with Crippen LogP contribution < -0.4 is 15.4 Å². The standard InChI is InChI=1S/C19H18N2O4S/c1-25-15-8-7-13(10-16-18(23)21-19(24)26-16)9-14(15)20-17(22)11-12-5-3-2-4-6-12/h2-9,16H,10-11H2,1H3,(H,20,22)(H,21,23,24). The van der Waals surface area contributed by atoms with Crippen molar-refractivity contribution in [1.29, 1.82) is 0 Å². The summed E-state index contributed by atoms with van der Waals surface area (Å²) in [5.41, 5.74) is 2.29. The van der Waals surface area contributed by atoms with Crippen molar-refractivity contribution in [2.75, 3.05) is 12.4 Å². The Morgan fingerprint density at radius 1 is 1.15 bits per heavy atom. The van der Waals surface area contributed by atoms with Gasteiger partial charge in [-0.2, -0.15) is 0 Å². The van der Waals surface area contributed by atoms with Gasteiger partial charge in [0.2, 0.25) is 11.8 Å². The van der Waals surface area contributed by atoms with E-state index in [4.69, 9.17) is 4.74 Å². The monoisotopic (exact) mass is 370 g/mol. The second kappa shape index (κ2) is 8.05. The molecule has 134 valence electrons. The Morgan fingerprint density at radius 2 is 1.92 bits per heavy atom. The van der Waals surface area contributed by atoms with E-state index >= 15 is 0 Å². The van der Waals surface area contributed by atoms with Crippen LogP contribution in [0.4, 0.5) is 10.5 Å². The summed E-state index contributed by atoms with van der Waals surface area (Å²) in [6.45, 7) is 0. The molecule has 1 heterocycles. The van der Waals surface area contributed by atoms with Crippen molar-refractivity contribution in [3.8, 4) is 5.75 Å². The molecule has 7 heteroatoms. The van der Waals surface area contributed by atoms with Crippen LogP contribution in [0.5, 0.6) is 5.75 Å². The minimum Gasteiger partial charge on any atom is -0.495 e. The van der Waals surface area contributed by atoms with Gasteiger partial charge in [0, 0.05) is 0 Å². The Balaban J connectivity index is 1.72. The van der Waals surface area contributed by atoms with E-state index in [1.807, 2.05) is 36.4 Å². The highest BCUT2D eigenvalue weighted by atomic mass is 32.2. The number of hydrogen-bond acceptors (Lipinski definition) is 5. The third-order valence-corrected chi connectivity index (χ3v) is 4.91. The number of benzene rings is 2. The highest BCUT2D eigenvalue weighted by molar-refractivity contribution is 8.15. The third kappa shape index (κ3) is 4.43. The fraction of sp³-hybridized carbons (Fsp3) is 0.211. The fourth-order valence-corrected chi connectivity index (χ4v) is 3.56. The number of methoxy groups -OCH3 is 1. The summed E-state index contributed by atoms with van der Waals surface area (Å²) in [5.74, 6) is 0.0926. The largest absolute Gasteiger partial charge is 0.495 e. The number of hydrogen-bond donors (Lipinski definition) is 2. The zero-order chi connectivity index (χ0) is 18.5. The van der Waals surface area contributed by atoms with Gasteiger partial charge in [-0.1, -0.05) is 48.2 Å². The van der Waals surface area contributed by atoms with Gasteiger partial charge in [0.15, 0.2) is 0 Å². The minimum absolute atomic E-state index is 0.158. The number of rotatable bonds is 6. The molecule has 0 aromatic heterocycles. The number of carbonyl (C=O) groups excluding carboxylic acids is 3. The van der Waals surface area contributed by atoms with Crippen molar-refractivity contribution >= 4 is 34.5 Å². The van der Waals surface area contributed by atoms with E-state index in [0.29, 0.717) is 17.9 Å². The predicted molar refractivity (Wildman–Crippen MR) is 100 cm³/mol. The van der Waals surface area contributed by atoms with Crippen LogP contribution in [0.15, 0.2) is 48.5 Å². The van der Waals surface area contributed by atoms with Crippen LogP contribution in [0.25, 0.3) is 0 Å². The molecule has 2 N–H and O–H groups in total. The van der Waals surface area contributed by atoms with E-state index in [0.717, 1.165) is 22.9 Å². The average Bonchev–Trinajstić information content (AvgIpc) is 2.93. The van der Waals surface area contributed by atoms with Crippen molar-refractivity contribution in [3.05, 3.63) is 59.7 Å². The number of nitrogens with one attached hydrogen (secondary N) is 2. The van der Waals surface area contributed by atoms with E-state index < -0.39 is 5.25 Å². The summed E-state index contributed by atoms with van der Waals surface area (Å²) >= 11 is 0.982. The molecule has 1 unspecified atom stereocenters. The summed E-state index contributed by atoms with van der Waals surface area (Å²) in [6, 6.07) is 14.8. The van der Waals surface area contributed by atoms with Crippen molar-refractivity contribution in [1.82, 2.24) is 5.32 Å². The summed E-state index contributed by atoms with van der Waals surface area (Å²) in [7, 11) is 1.53. The topological polar surface area (TPSA) is 84.5 Å². The van der Waals surface area contributed by atoms with E-state index in [1.165, 1.54) is 7.11 Å². The predicted octanol–water partition coefficient (Wildman–Crippen LogP) is 2.77. The van der Waals surface area contributed by atoms with Crippen molar-refractivity contribution < 1.29 is 19.1 Å². The number of anilines is 1. The molecule has 0 aliphatic carbocycles. The van der Waals surface area contributed by atoms with E-state index in [9.17, 15) is 14.4 Å². The summed E-state index contributed by atoms with van der Waals surface area (Å²) in [5, 5.41) is 4.35. The molecule has 6 nitrogen and oxygen atoms in total. The maximum absolute atomic E-state index is 12.3. The van der Waals surface area contributed by atoms with Gasteiger partial charge in [-0.25, -0.2) is 0 Å². The third-order valence-electron chi connectivity index (χ3n) is 3.93. The first-order valence-electron chi connectivity index (χ1n) is 8.07. The Hall–Kier alpha value is -2.80. The van der Waals surface area contributed by atoms with Crippen LogP contribution in [0.3, 0.4) is 0 Å². The molecule has 1 saturated heterocycles. The molecular weight excluding hydrogens is 352 g/mol. The summed E-state index contributed by atoms with van der Waals surface area (Å²) in [6.07, 6.45) is 0.650. The van der Waals surface area contributed by atoms with Crippen LogP contribution in [0.2, 0.25) is 0 Å². The molecule has 2 aromatic rings. The SMILES string of the molecule is COc1ccc(CC2SC(=O)NC2=O)cc1NC(=O)Cc1ccccc1. The van der Waals surface area contributed by atoms with Gasteiger partial charge >= 0.3 is 0 Å². The molecule has 26 heavy (non-hydrogen) atoms. The molecule has 1 fully saturated rings. The van der Waals surface area contributed by atoms with E-state index in [-0.39, 0.29) is 23.5 Å². The maximum Gasteiger partial charge on any atom is 0.286 e. The number of amides is 3. The van der Waals surface area contributed by atoms with Gasteiger partial charge < -0.3 is 10.1 Å². The van der Waals surface area contributed by atoms with Crippen LogP contribution in [0.1, 0.15) is 11.1 Å². The smallest absolute Gasteiger partial charge is 0.286 e. The minimum atomic E-state index is -0.455. The quantitative estimate of drug-likeness (QED) is 0.817. The highest BCUT2D eigenvalue weighted by Crippen LogP contribution is 2.29. The second-order valence-electron chi connectivity index (χ2n) is 5.83. The first-order valence-corrected chi connectivity index (χ1v) is 8.95. The lowest BCUT2D eigenvalue weighted by Crippen LogP contribution is -2.25. The number of imide groups is 1. The average molecular weight is 370 g/mol. The summed E-state index contributed by atoms with van der Waals surface area (Å²) < 4.78 is 5.31. The molecule has 3 amide bonds. The number of ether oxygens (including phenoxy) is 1. The van der Waals surface area contributed by atoms with Gasteiger partial charge in [-0.05, 0) is 29.7 Å². The normalized spacial score (nSPS) is 16.3. The van der Waals surface area contributed by atoms with Gasteiger partial charge in [-0.15, -0.1) is 0 Å². The first kappa shape index (κ1) is 18.0. The molecule has 1 atom stereocenters. The van der Waals surface area contributed by atoms with Crippen LogP contribution >= 0.6 is 11.8 Å². The van der Waals surface area contributed by atoms with Gasteiger partial charge in [0.25, 0.3) is 5.24 Å². The van der Waals surface area contributed by atoms with Gasteiger partial charge in [0.05, 0.1) is 24.5 Å². The van der Waals surface area contributed by atoms with Crippen LogP contribution in [-0.2, 0) is 22.4 Å².